The zero-order valence-corrected chi connectivity index (χ0v) is 10.4. The van der Waals surface area contributed by atoms with Gasteiger partial charge in [-0.3, -0.25) is 0 Å². The van der Waals surface area contributed by atoms with Gasteiger partial charge < -0.3 is 5.32 Å². The van der Waals surface area contributed by atoms with Crippen LogP contribution in [0.15, 0.2) is 42.5 Å². The third kappa shape index (κ3) is 2.39. The maximum atomic E-state index is 4.30. The normalized spacial score (nSPS) is 12.9. The molecule has 0 saturated heterocycles. The van der Waals surface area contributed by atoms with Gasteiger partial charge in [-0.1, -0.05) is 36.4 Å². The van der Waals surface area contributed by atoms with E-state index in [0.717, 1.165) is 12.2 Å². The van der Waals surface area contributed by atoms with Gasteiger partial charge in [0.15, 0.2) is 0 Å². The Labute approximate surface area is 102 Å². The quantitative estimate of drug-likeness (QED) is 0.768. The Morgan fingerprint density at radius 3 is 2.56 bits per heavy atom. The first kappa shape index (κ1) is 11.5. The summed E-state index contributed by atoms with van der Waals surface area (Å²) in [5.41, 5.74) is 1.34. The topological polar surface area (TPSA) is 12.0 Å². The number of rotatable bonds is 4. The van der Waals surface area contributed by atoms with E-state index in [9.17, 15) is 0 Å². The van der Waals surface area contributed by atoms with Gasteiger partial charge in [-0.25, -0.2) is 0 Å². The van der Waals surface area contributed by atoms with Crippen LogP contribution < -0.4 is 5.32 Å². The second-order valence-corrected chi connectivity index (χ2v) is 4.41. The van der Waals surface area contributed by atoms with E-state index in [1.165, 1.54) is 16.3 Å². The lowest BCUT2D eigenvalue weighted by atomic mass is 10.0. The van der Waals surface area contributed by atoms with Crippen molar-refractivity contribution in [3.63, 3.8) is 0 Å². The average molecular weight is 231 g/mol. The van der Waals surface area contributed by atoms with E-state index in [4.69, 9.17) is 0 Å². The molecule has 0 aliphatic heterocycles. The van der Waals surface area contributed by atoms with Gasteiger partial charge in [0.1, 0.15) is 0 Å². The Bertz CT molecular complexity index is 467. The molecular weight excluding hydrogens is 214 g/mol. The molecule has 0 aromatic heterocycles. The number of nitrogens with one attached hydrogen (secondary N) is 1. The summed E-state index contributed by atoms with van der Waals surface area (Å²) in [4.78, 5) is 0. The maximum absolute atomic E-state index is 4.30. The fourth-order valence-electron chi connectivity index (χ4n) is 2.03. The molecular formula is C14H17NS. The molecule has 0 fully saturated rings. The first-order chi connectivity index (χ1) is 7.85. The van der Waals surface area contributed by atoms with Crippen LogP contribution >= 0.6 is 12.6 Å². The van der Waals surface area contributed by atoms with Gasteiger partial charge >= 0.3 is 0 Å². The van der Waals surface area contributed by atoms with Crippen LogP contribution in [0.1, 0.15) is 18.0 Å². The number of hydrogen-bond donors (Lipinski definition) is 2. The smallest absolute Gasteiger partial charge is 0.0325 e. The lowest BCUT2D eigenvalue weighted by Gasteiger charge is -2.16. The number of fused-ring (bicyclic) bond motifs is 1. The van der Waals surface area contributed by atoms with Crippen molar-refractivity contribution in [2.45, 2.75) is 12.5 Å². The molecule has 0 aliphatic rings. The highest BCUT2D eigenvalue weighted by Crippen LogP contribution is 2.22. The first-order valence-electron chi connectivity index (χ1n) is 5.62. The van der Waals surface area contributed by atoms with Crippen LogP contribution in [0.3, 0.4) is 0 Å². The van der Waals surface area contributed by atoms with E-state index in [1.807, 2.05) is 7.05 Å². The highest BCUT2D eigenvalue weighted by Gasteiger charge is 2.07. The minimum absolute atomic E-state index is 0.405. The Balaban J connectivity index is 2.37. The van der Waals surface area contributed by atoms with Crippen LogP contribution in [0.2, 0.25) is 0 Å². The van der Waals surface area contributed by atoms with Gasteiger partial charge in [0.05, 0.1) is 0 Å². The fraction of sp³-hybridized carbons (Fsp3) is 0.286. The summed E-state index contributed by atoms with van der Waals surface area (Å²) in [7, 11) is 2.00. The molecule has 0 radical (unpaired) electrons. The zero-order valence-electron chi connectivity index (χ0n) is 9.48. The molecule has 0 heterocycles. The van der Waals surface area contributed by atoms with E-state index in [-0.39, 0.29) is 0 Å². The number of thiol groups is 1. The van der Waals surface area contributed by atoms with Crippen molar-refractivity contribution in [2.24, 2.45) is 0 Å². The summed E-state index contributed by atoms with van der Waals surface area (Å²) in [5, 5.41) is 5.94. The molecule has 1 N–H and O–H groups in total. The van der Waals surface area contributed by atoms with Crippen LogP contribution in [0.5, 0.6) is 0 Å². The maximum Gasteiger partial charge on any atom is 0.0325 e. The number of benzene rings is 2. The van der Waals surface area contributed by atoms with E-state index in [0.29, 0.717) is 6.04 Å². The Morgan fingerprint density at radius 1 is 1.12 bits per heavy atom. The highest BCUT2D eigenvalue weighted by atomic mass is 32.1. The van der Waals surface area contributed by atoms with Gasteiger partial charge in [-0.05, 0) is 41.6 Å². The predicted molar refractivity (Wildman–Crippen MR) is 74.2 cm³/mol. The van der Waals surface area contributed by atoms with Crippen LogP contribution in [0, 0.1) is 0 Å². The van der Waals surface area contributed by atoms with Crippen molar-refractivity contribution in [1.82, 2.24) is 5.32 Å². The summed E-state index contributed by atoms with van der Waals surface area (Å²) >= 11 is 4.30. The molecule has 1 unspecified atom stereocenters. The zero-order chi connectivity index (χ0) is 11.4. The summed E-state index contributed by atoms with van der Waals surface area (Å²) in [6.07, 6.45) is 1.05. The highest BCUT2D eigenvalue weighted by molar-refractivity contribution is 7.80. The Morgan fingerprint density at radius 2 is 1.88 bits per heavy atom. The minimum atomic E-state index is 0.405. The van der Waals surface area contributed by atoms with Crippen LogP contribution in [-0.2, 0) is 0 Å². The average Bonchev–Trinajstić information content (AvgIpc) is 2.35. The van der Waals surface area contributed by atoms with E-state index in [1.54, 1.807) is 0 Å². The van der Waals surface area contributed by atoms with Crippen molar-refractivity contribution in [1.29, 1.82) is 0 Å². The lowest BCUT2D eigenvalue weighted by molar-refractivity contribution is 0.582. The van der Waals surface area contributed by atoms with Crippen molar-refractivity contribution >= 4 is 23.4 Å². The van der Waals surface area contributed by atoms with Crippen molar-refractivity contribution in [3.05, 3.63) is 48.0 Å². The van der Waals surface area contributed by atoms with Gasteiger partial charge in [0.2, 0.25) is 0 Å². The molecule has 0 saturated carbocycles. The molecule has 2 aromatic rings. The van der Waals surface area contributed by atoms with E-state index in [2.05, 4.69) is 60.4 Å². The second kappa shape index (κ2) is 5.37. The molecule has 84 valence electrons. The largest absolute Gasteiger partial charge is 0.313 e. The van der Waals surface area contributed by atoms with Gasteiger partial charge in [0.25, 0.3) is 0 Å². The standard InChI is InChI=1S/C14H17NS/c1-15-14(8-9-16)13-7-6-11-4-2-3-5-12(11)10-13/h2-7,10,14-16H,8-9H2,1H3. The van der Waals surface area contributed by atoms with Gasteiger partial charge in [-0.2, -0.15) is 12.6 Å². The third-order valence-corrected chi connectivity index (χ3v) is 3.20. The van der Waals surface area contributed by atoms with Crippen LogP contribution in [0.25, 0.3) is 10.8 Å². The van der Waals surface area contributed by atoms with Gasteiger partial charge in [-0.15, -0.1) is 0 Å². The molecule has 1 nitrogen and oxygen atoms in total. The van der Waals surface area contributed by atoms with Crippen molar-refractivity contribution in [3.8, 4) is 0 Å². The molecule has 16 heavy (non-hydrogen) atoms. The predicted octanol–water partition coefficient (Wildman–Crippen LogP) is 3.42. The molecule has 0 spiro atoms. The molecule has 2 aromatic carbocycles. The minimum Gasteiger partial charge on any atom is -0.313 e. The molecule has 2 rings (SSSR count). The fourth-order valence-corrected chi connectivity index (χ4v) is 2.29. The third-order valence-electron chi connectivity index (χ3n) is 2.94. The van der Waals surface area contributed by atoms with E-state index < -0.39 is 0 Å². The Hall–Kier alpha value is -0.990. The summed E-state index contributed by atoms with van der Waals surface area (Å²) in [6.45, 7) is 0. The molecule has 2 heteroatoms. The first-order valence-corrected chi connectivity index (χ1v) is 6.25. The SMILES string of the molecule is CNC(CCS)c1ccc2ccccc2c1. The molecule has 0 amide bonds. The monoisotopic (exact) mass is 231 g/mol. The summed E-state index contributed by atoms with van der Waals surface area (Å²) in [5.74, 6) is 0.901. The molecule has 0 aliphatic carbocycles. The molecule has 0 bridgehead atoms. The summed E-state index contributed by atoms with van der Waals surface area (Å²) < 4.78 is 0. The second-order valence-electron chi connectivity index (χ2n) is 3.96. The molecule has 1 atom stereocenters. The summed E-state index contributed by atoms with van der Waals surface area (Å²) in [6, 6.07) is 15.5. The Kier molecular flexibility index (Phi) is 3.86. The van der Waals surface area contributed by atoms with Crippen LogP contribution in [-0.4, -0.2) is 12.8 Å². The van der Waals surface area contributed by atoms with Crippen molar-refractivity contribution in [2.75, 3.05) is 12.8 Å². The van der Waals surface area contributed by atoms with Gasteiger partial charge in [0, 0.05) is 6.04 Å². The lowest BCUT2D eigenvalue weighted by Crippen LogP contribution is -2.16. The van der Waals surface area contributed by atoms with Crippen LogP contribution in [0.4, 0.5) is 0 Å². The number of hydrogen-bond acceptors (Lipinski definition) is 2. The van der Waals surface area contributed by atoms with E-state index >= 15 is 0 Å². The van der Waals surface area contributed by atoms with Crippen molar-refractivity contribution < 1.29 is 0 Å².